The topological polar surface area (TPSA) is 40.5 Å². The molecule has 6 heteroatoms. The predicted octanol–water partition coefficient (Wildman–Crippen LogP) is 3.62. The first-order valence-electron chi connectivity index (χ1n) is 6.95. The molecule has 0 amide bonds. The summed E-state index contributed by atoms with van der Waals surface area (Å²) in [5.41, 5.74) is 0.679. The second-order valence-corrected chi connectivity index (χ2v) is 5.45. The van der Waals surface area contributed by atoms with Gasteiger partial charge in [-0.05, 0) is 30.7 Å². The van der Waals surface area contributed by atoms with Crippen molar-refractivity contribution < 1.29 is 9.47 Å². The van der Waals surface area contributed by atoms with Gasteiger partial charge in [-0.1, -0.05) is 29.3 Å². The monoisotopic (exact) mass is 341 g/mol. The molecule has 4 nitrogen and oxygen atoms in total. The molecule has 22 heavy (non-hydrogen) atoms. The molecule has 118 valence electrons. The fourth-order valence-electron chi connectivity index (χ4n) is 1.91. The molecule has 1 aromatic heterocycles. The van der Waals surface area contributed by atoms with Gasteiger partial charge in [-0.25, -0.2) is 0 Å². The van der Waals surface area contributed by atoms with E-state index in [4.69, 9.17) is 32.7 Å². The zero-order valence-electron chi connectivity index (χ0n) is 12.2. The van der Waals surface area contributed by atoms with Gasteiger partial charge in [-0.3, -0.25) is 4.79 Å². The van der Waals surface area contributed by atoms with E-state index in [1.54, 1.807) is 29.0 Å². The maximum absolute atomic E-state index is 12.1. The van der Waals surface area contributed by atoms with Crippen molar-refractivity contribution in [2.45, 2.75) is 13.5 Å². The molecule has 0 fully saturated rings. The Morgan fingerprint density at radius 3 is 2.64 bits per heavy atom. The molecule has 0 bridgehead atoms. The highest BCUT2D eigenvalue weighted by atomic mass is 35.5. The Morgan fingerprint density at radius 1 is 1.14 bits per heavy atom. The van der Waals surface area contributed by atoms with Crippen LogP contribution in [0.4, 0.5) is 0 Å². The van der Waals surface area contributed by atoms with Crippen LogP contribution in [0.3, 0.4) is 0 Å². The van der Waals surface area contributed by atoms with Crippen LogP contribution in [0.5, 0.6) is 5.75 Å². The van der Waals surface area contributed by atoms with Gasteiger partial charge in [0.2, 0.25) is 0 Å². The summed E-state index contributed by atoms with van der Waals surface area (Å²) in [7, 11) is 0. The van der Waals surface area contributed by atoms with Crippen LogP contribution in [-0.4, -0.2) is 24.4 Å². The molecule has 0 N–H and O–H groups in total. The normalized spacial score (nSPS) is 10.7. The van der Waals surface area contributed by atoms with Crippen LogP contribution in [0.1, 0.15) is 12.5 Å². The fraction of sp³-hybridized carbons (Fsp3) is 0.312. The Hall–Kier alpha value is -1.49. The van der Waals surface area contributed by atoms with Gasteiger partial charge >= 0.3 is 0 Å². The summed E-state index contributed by atoms with van der Waals surface area (Å²) >= 11 is 12.0. The second kappa shape index (κ2) is 8.22. The van der Waals surface area contributed by atoms with Crippen LogP contribution >= 0.6 is 23.2 Å². The highest BCUT2D eigenvalue weighted by molar-refractivity contribution is 6.35. The van der Waals surface area contributed by atoms with E-state index in [-0.39, 0.29) is 5.56 Å². The summed E-state index contributed by atoms with van der Waals surface area (Å²) in [5.74, 6) is 0.531. The van der Waals surface area contributed by atoms with Gasteiger partial charge in [-0.15, -0.1) is 0 Å². The van der Waals surface area contributed by atoms with Gasteiger partial charge in [0.25, 0.3) is 5.56 Å². The summed E-state index contributed by atoms with van der Waals surface area (Å²) < 4.78 is 12.2. The van der Waals surface area contributed by atoms with Crippen molar-refractivity contribution in [3.05, 3.63) is 62.5 Å². The van der Waals surface area contributed by atoms with E-state index < -0.39 is 0 Å². The zero-order valence-corrected chi connectivity index (χ0v) is 13.7. The number of benzene rings is 1. The molecule has 0 aliphatic carbocycles. The Bertz CT molecular complexity index is 685. The molecule has 0 saturated carbocycles. The molecule has 0 radical (unpaired) electrons. The molecule has 0 aliphatic heterocycles. The minimum absolute atomic E-state index is 0.153. The third-order valence-corrected chi connectivity index (χ3v) is 3.61. The lowest BCUT2D eigenvalue weighted by atomic mass is 10.2. The molecule has 1 aromatic carbocycles. The van der Waals surface area contributed by atoms with Crippen LogP contribution in [0.2, 0.25) is 10.0 Å². The van der Waals surface area contributed by atoms with Crippen LogP contribution in [0.15, 0.2) is 41.3 Å². The molecule has 0 atom stereocenters. The molecular weight excluding hydrogens is 325 g/mol. The quantitative estimate of drug-likeness (QED) is 0.722. The molecular formula is C16H17Cl2NO3. The average Bonchev–Trinajstić information content (AvgIpc) is 2.49. The highest BCUT2D eigenvalue weighted by Crippen LogP contribution is 2.21. The minimum Gasteiger partial charge on any atom is -0.491 e. The smallest absolute Gasteiger partial charge is 0.254 e. The Labute approximate surface area is 139 Å². The van der Waals surface area contributed by atoms with Crippen molar-refractivity contribution in [1.29, 1.82) is 0 Å². The first-order valence-corrected chi connectivity index (χ1v) is 7.70. The summed E-state index contributed by atoms with van der Waals surface area (Å²) in [5, 5.41) is 1.11. The van der Waals surface area contributed by atoms with Crippen LogP contribution < -0.4 is 10.3 Å². The first-order chi connectivity index (χ1) is 10.6. The summed E-state index contributed by atoms with van der Waals surface area (Å²) in [6.45, 7) is 3.87. The minimum atomic E-state index is -0.153. The third kappa shape index (κ3) is 4.77. The largest absolute Gasteiger partial charge is 0.491 e. The molecule has 0 aliphatic rings. The van der Waals surface area contributed by atoms with E-state index >= 15 is 0 Å². The zero-order chi connectivity index (χ0) is 15.9. The molecule has 2 aromatic rings. The number of halogens is 2. The van der Waals surface area contributed by atoms with Gasteiger partial charge < -0.3 is 14.0 Å². The maximum Gasteiger partial charge on any atom is 0.254 e. The van der Waals surface area contributed by atoms with E-state index in [0.717, 1.165) is 5.56 Å². The average molecular weight is 342 g/mol. The van der Waals surface area contributed by atoms with E-state index in [0.29, 0.717) is 42.2 Å². The number of aromatic nitrogens is 1. The molecule has 1 heterocycles. The highest BCUT2D eigenvalue weighted by Gasteiger charge is 2.05. The Balaban J connectivity index is 2.05. The van der Waals surface area contributed by atoms with E-state index in [1.807, 2.05) is 13.0 Å². The van der Waals surface area contributed by atoms with Crippen molar-refractivity contribution in [1.82, 2.24) is 4.57 Å². The van der Waals surface area contributed by atoms with E-state index in [2.05, 4.69) is 0 Å². The van der Waals surface area contributed by atoms with Crippen molar-refractivity contribution >= 4 is 23.2 Å². The lowest BCUT2D eigenvalue weighted by Crippen LogP contribution is -2.19. The number of pyridine rings is 1. The van der Waals surface area contributed by atoms with Crippen molar-refractivity contribution in [3.8, 4) is 5.75 Å². The summed E-state index contributed by atoms with van der Waals surface area (Å²) in [4.78, 5) is 12.1. The standard InChI is InChI=1S/C16H17Cl2NO3/c1-2-21-7-8-22-14-5-6-19(16(20)10-14)11-12-3-4-13(17)9-15(12)18/h3-6,9-10H,2,7-8,11H2,1H3. The number of nitrogens with zero attached hydrogens (tertiary/aromatic N) is 1. The number of rotatable bonds is 7. The molecule has 0 unspecified atom stereocenters. The van der Waals surface area contributed by atoms with Crippen LogP contribution in [0, 0.1) is 0 Å². The number of hydrogen-bond donors (Lipinski definition) is 0. The van der Waals surface area contributed by atoms with Crippen LogP contribution in [0.25, 0.3) is 0 Å². The summed E-state index contributed by atoms with van der Waals surface area (Å²) in [6.07, 6.45) is 1.68. The predicted molar refractivity (Wildman–Crippen MR) is 88.3 cm³/mol. The Morgan fingerprint density at radius 2 is 1.95 bits per heavy atom. The second-order valence-electron chi connectivity index (χ2n) is 4.61. The SMILES string of the molecule is CCOCCOc1ccn(Cc2ccc(Cl)cc2Cl)c(=O)c1. The Kier molecular flexibility index (Phi) is 6.31. The maximum atomic E-state index is 12.1. The van der Waals surface area contributed by atoms with Gasteiger partial charge in [0.15, 0.2) is 0 Å². The van der Waals surface area contributed by atoms with Gasteiger partial charge in [-0.2, -0.15) is 0 Å². The van der Waals surface area contributed by atoms with E-state index in [1.165, 1.54) is 6.07 Å². The van der Waals surface area contributed by atoms with E-state index in [9.17, 15) is 4.79 Å². The lowest BCUT2D eigenvalue weighted by Gasteiger charge is -2.10. The van der Waals surface area contributed by atoms with Gasteiger partial charge in [0.05, 0.1) is 13.2 Å². The van der Waals surface area contributed by atoms with Crippen molar-refractivity contribution in [2.24, 2.45) is 0 Å². The van der Waals surface area contributed by atoms with Crippen molar-refractivity contribution in [3.63, 3.8) is 0 Å². The molecule has 2 rings (SSSR count). The van der Waals surface area contributed by atoms with Crippen LogP contribution in [-0.2, 0) is 11.3 Å². The van der Waals surface area contributed by atoms with Gasteiger partial charge in [0, 0.05) is 28.9 Å². The molecule has 0 spiro atoms. The third-order valence-electron chi connectivity index (χ3n) is 3.02. The van der Waals surface area contributed by atoms with Gasteiger partial charge in [0.1, 0.15) is 12.4 Å². The summed E-state index contributed by atoms with van der Waals surface area (Å²) in [6, 6.07) is 8.42. The number of ether oxygens (including phenoxy) is 2. The van der Waals surface area contributed by atoms with Crippen molar-refractivity contribution in [2.75, 3.05) is 19.8 Å². The number of hydrogen-bond acceptors (Lipinski definition) is 3. The first kappa shape index (κ1) is 16.9. The lowest BCUT2D eigenvalue weighted by molar-refractivity contribution is 0.110. The molecule has 0 saturated heterocycles. The fourth-order valence-corrected chi connectivity index (χ4v) is 2.37.